The van der Waals surface area contributed by atoms with Gasteiger partial charge in [-0.15, -0.1) is 11.3 Å². The van der Waals surface area contributed by atoms with E-state index in [-0.39, 0.29) is 17.3 Å². The van der Waals surface area contributed by atoms with Gasteiger partial charge in [0, 0.05) is 9.35 Å². The van der Waals surface area contributed by atoms with Crippen molar-refractivity contribution in [3.05, 3.63) is 49.6 Å². The molecule has 1 aromatic carbocycles. The van der Waals surface area contributed by atoms with Crippen LogP contribution in [0.4, 0.5) is 18.9 Å². The molecule has 0 radical (unpaired) electrons. The molecule has 1 heterocycles. The van der Waals surface area contributed by atoms with Gasteiger partial charge in [0.15, 0.2) is 0 Å². The third-order valence-electron chi connectivity index (χ3n) is 2.44. The molecule has 7 heteroatoms. The van der Waals surface area contributed by atoms with Crippen molar-refractivity contribution in [1.82, 2.24) is 0 Å². The Bertz CT molecular complexity index is 583. The maximum absolute atomic E-state index is 12.9. The lowest BCUT2D eigenvalue weighted by atomic mass is 10.1. The van der Waals surface area contributed by atoms with E-state index in [2.05, 4.69) is 21.2 Å². The summed E-state index contributed by atoms with van der Waals surface area (Å²) >= 11 is 10.6. The molecule has 0 saturated heterocycles. The van der Waals surface area contributed by atoms with Crippen molar-refractivity contribution >= 4 is 44.6 Å². The van der Waals surface area contributed by atoms with Crippen LogP contribution < -0.4 is 5.32 Å². The Balaban J connectivity index is 2.27. The van der Waals surface area contributed by atoms with Crippen LogP contribution >= 0.6 is 38.9 Å². The summed E-state index contributed by atoms with van der Waals surface area (Å²) in [5, 5.41) is 4.68. The number of nitrogens with one attached hydrogen (secondary N) is 1. The summed E-state index contributed by atoms with van der Waals surface area (Å²) in [5.74, 6) is 0. The van der Waals surface area contributed by atoms with Crippen molar-refractivity contribution in [2.45, 2.75) is 12.7 Å². The van der Waals surface area contributed by atoms with Gasteiger partial charge in [0.1, 0.15) is 0 Å². The number of rotatable bonds is 3. The van der Waals surface area contributed by atoms with E-state index in [9.17, 15) is 13.2 Å². The van der Waals surface area contributed by atoms with Gasteiger partial charge in [-0.3, -0.25) is 0 Å². The molecule has 0 aliphatic carbocycles. The van der Waals surface area contributed by atoms with Crippen molar-refractivity contribution in [3.63, 3.8) is 0 Å². The van der Waals surface area contributed by atoms with Gasteiger partial charge in [-0.2, -0.15) is 13.2 Å². The SMILES string of the molecule is FC(F)(F)c1cccc(Cl)c1NCc1sccc1Br. The Kier molecular flexibility index (Phi) is 4.43. The van der Waals surface area contributed by atoms with Gasteiger partial charge in [-0.25, -0.2) is 0 Å². The maximum atomic E-state index is 12.9. The Hall–Kier alpha value is -0.720. The van der Waals surface area contributed by atoms with Gasteiger partial charge in [-0.1, -0.05) is 17.7 Å². The fourth-order valence-electron chi connectivity index (χ4n) is 1.56. The second kappa shape index (κ2) is 5.73. The van der Waals surface area contributed by atoms with Gasteiger partial charge in [0.2, 0.25) is 0 Å². The minimum absolute atomic E-state index is 0.0579. The van der Waals surface area contributed by atoms with Crippen LogP contribution in [0.15, 0.2) is 34.1 Å². The van der Waals surface area contributed by atoms with Crippen LogP contribution in [0, 0.1) is 0 Å². The highest BCUT2D eigenvalue weighted by Crippen LogP contribution is 2.39. The minimum Gasteiger partial charge on any atom is -0.378 e. The summed E-state index contributed by atoms with van der Waals surface area (Å²) in [5.41, 5.74) is -0.843. The van der Waals surface area contributed by atoms with Crippen LogP contribution in [0.2, 0.25) is 5.02 Å². The van der Waals surface area contributed by atoms with Crippen molar-refractivity contribution in [1.29, 1.82) is 0 Å². The Morgan fingerprint density at radius 2 is 2.00 bits per heavy atom. The largest absolute Gasteiger partial charge is 0.418 e. The normalized spacial score (nSPS) is 11.6. The van der Waals surface area contributed by atoms with Crippen molar-refractivity contribution in [3.8, 4) is 0 Å². The molecule has 0 bridgehead atoms. The molecule has 0 saturated carbocycles. The monoisotopic (exact) mass is 369 g/mol. The Morgan fingerprint density at radius 3 is 2.58 bits per heavy atom. The molecule has 102 valence electrons. The minimum atomic E-state index is -4.43. The summed E-state index contributed by atoms with van der Waals surface area (Å²) in [4.78, 5) is 0.910. The molecule has 1 N–H and O–H groups in total. The second-order valence-corrected chi connectivity index (χ2v) is 5.97. The molecule has 1 aromatic heterocycles. The zero-order valence-corrected chi connectivity index (χ0v) is 12.6. The zero-order chi connectivity index (χ0) is 14.0. The van der Waals surface area contributed by atoms with E-state index < -0.39 is 11.7 Å². The lowest BCUT2D eigenvalue weighted by Crippen LogP contribution is -2.11. The first-order chi connectivity index (χ1) is 8.89. The number of hydrogen-bond donors (Lipinski definition) is 1. The highest BCUT2D eigenvalue weighted by molar-refractivity contribution is 9.10. The number of para-hydroxylation sites is 1. The fraction of sp³-hybridized carbons (Fsp3) is 0.167. The van der Waals surface area contributed by atoms with E-state index in [0.29, 0.717) is 0 Å². The van der Waals surface area contributed by atoms with Crippen molar-refractivity contribution in [2.24, 2.45) is 0 Å². The molecule has 0 fully saturated rings. The predicted molar refractivity (Wildman–Crippen MR) is 75.8 cm³/mol. The molecule has 0 amide bonds. The molecule has 0 spiro atoms. The van der Waals surface area contributed by atoms with Crippen LogP contribution in [0.5, 0.6) is 0 Å². The van der Waals surface area contributed by atoms with Gasteiger partial charge in [-0.05, 0) is 39.5 Å². The van der Waals surface area contributed by atoms with E-state index in [4.69, 9.17) is 11.6 Å². The number of anilines is 1. The third kappa shape index (κ3) is 3.43. The Labute approximate surface area is 125 Å². The van der Waals surface area contributed by atoms with Crippen molar-refractivity contribution < 1.29 is 13.2 Å². The van der Waals surface area contributed by atoms with Crippen molar-refractivity contribution in [2.75, 3.05) is 5.32 Å². The highest BCUT2D eigenvalue weighted by atomic mass is 79.9. The molecular weight excluding hydrogens is 363 g/mol. The number of hydrogen-bond acceptors (Lipinski definition) is 2. The third-order valence-corrected chi connectivity index (χ3v) is 4.68. The first kappa shape index (κ1) is 14.7. The van der Waals surface area contributed by atoms with E-state index >= 15 is 0 Å². The van der Waals surface area contributed by atoms with Gasteiger partial charge in [0.05, 0.1) is 22.8 Å². The molecule has 2 rings (SSSR count). The molecule has 1 nitrogen and oxygen atoms in total. The lowest BCUT2D eigenvalue weighted by molar-refractivity contribution is -0.136. The summed E-state index contributed by atoms with van der Waals surface area (Å²) < 4.78 is 39.5. The first-order valence-corrected chi connectivity index (χ1v) is 7.26. The number of halogens is 5. The molecule has 2 aromatic rings. The zero-order valence-electron chi connectivity index (χ0n) is 9.39. The van der Waals surface area contributed by atoms with E-state index in [1.54, 1.807) is 0 Å². The van der Waals surface area contributed by atoms with Crippen LogP contribution in [0.3, 0.4) is 0 Å². The van der Waals surface area contributed by atoms with Gasteiger partial charge >= 0.3 is 6.18 Å². The highest BCUT2D eigenvalue weighted by Gasteiger charge is 2.34. The topological polar surface area (TPSA) is 12.0 Å². The summed E-state index contributed by atoms with van der Waals surface area (Å²) in [7, 11) is 0. The van der Waals surface area contributed by atoms with Gasteiger partial charge < -0.3 is 5.32 Å². The summed E-state index contributed by atoms with van der Waals surface area (Å²) in [6.45, 7) is 0.283. The van der Waals surface area contributed by atoms with E-state index in [0.717, 1.165) is 15.4 Å². The number of thiophene rings is 1. The summed E-state index contributed by atoms with van der Waals surface area (Å²) in [6.07, 6.45) is -4.43. The molecule has 0 aliphatic rings. The molecular formula is C12H8BrClF3NS. The van der Waals surface area contributed by atoms with Crippen LogP contribution in [-0.4, -0.2) is 0 Å². The molecule has 0 atom stereocenters. The second-order valence-electron chi connectivity index (χ2n) is 3.71. The first-order valence-electron chi connectivity index (χ1n) is 5.21. The smallest absolute Gasteiger partial charge is 0.378 e. The number of alkyl halides is 3. The van der Waals surface area contributed by atoms with E-state index in [1.165, 1.54) is 23.5 Å². The van der Waals surface area contributed by atoms with Crippen LogP contribution in [0.1, 0.15) is 10.4 Å². The fourth-order valence-corrected chi connectivity index (χ4v) is 3.23. The maximum Gasteiger partial charge on any atom is 0.418 e. The molecule has 0 unspecified atom stereocenters. The van der Waals surface area contributed by atoms with Crippen LogP contribution in [0.25, 0.3) is 0 Å². The molecule has 19 heavy (non-hydrogen) atoms. The van der Waals surface area contributed by atoms with E-state index in [1.807, 2.05) is 11.4 Å². The average Bonchev–Trinajstić information content (AvgIpc) is 2.72. The standard InChI is InChI=1S/C12H8BrClF3NS/c13-8-4-5-19-10(8)6-18-11-7(12(15,16)17)2-1-3-9(11)14/h1-5,18H,6H2. The van der Waals surface area contributed by atoms with Crippen LogP contribution in [-0.2, 0) is 12.7 Å². The number of benzene rings is 1. The quantitative estimate of drug-likeness (QED) is 0.720. The van der Waals surface area contributed by atoms with Gasteiger partial charge in [0.25, 0.3) is 0 Å². The average molecular weight is 371 g/mol. The molecule has 0 aliphatic heterocycles. The lowest BCUT2D eigenvalue weighted by Gasteiger charge is -2.15. The summed E-state index contributed by atoms with van der Waals surface area (Å²) in [6, 6.07) is 5.58. The predicted octanol–water partition coefficient (Wildman–Crippen LogP) is 5.79. The Morgan fingerprint density at radius 1 is 1.26 bits per heavy atom.